The third-order valence-electron chi connectivity index (χ3n) is 6.50. The lowest BCUT2D eigenvalue weighted by Crippen LogP contribution is -2.16. The maximum atomic E-state index is 13.8. The predicted molar refractivity (Wildman–Crippen MR) is 143 cm³/mol. The lowest BCUT2D eigenvalue weighted by molar-refractivity contribution is -0.140. The molecule has 0 unspecified atom stereocenters. The van der Waals surface area contributed by atoms with Crippen LogP contribution < -0.4 is 11.1 Å². The normalized spacial score (nSPS) is 12.2. The van der Waals surface area contributed by atoms with Crippen LogP contribution in [0.3, 0.4) is 0 Å². The monoisotopic (exact) mass is 663 g/mol. The van der Waals surface area contributed by atoms with Crippen molar-refractivity contribution >= 4 is 50.7 Å². The van der Waals surface area contributed by atoms with E-state index in [-0.39, 0.29) is 37.7 Å². The highest BCUT2D eigenvalue weighted by Gasteiger charge is 2.36. The number of furan rings is 1. The molecule has 0 aromatic carbocycles. The molecule has 10 nitrogen and oxygen atoms in total. The summed E-state index contributed by atoms with van der Waals surface area (Å²) in [6.07, 6.45) is -10.0. The molecule has 2 amide bonds. The van der Waals surface area contributed by atoms with Gasteiger partial charge < -0.3 is 15.5 Å². The van der Waals surface area contributed by atoms with Gasteiger partial charge in [-0.05, 0) is 30.7 Å². The van der Waals surface area contributed by atoms with Crippen molar-refractivity contribution in [2.45, 2.75) is 32.5 Å². The second kappa shape index (κ2) is 11.2. The molecule has 0 radical (unpaired) electrons. The van der Waals surface area contributed by atoms with Crippen LogP contribution in [0.25, 0.3) is 21.3 Å². The number of primary amides is 1. The molecule has 0 aliphatic carbocycles. The van der Waals surface area contributed by atoms with Crippen molar-refractivity contribution < 1.29 is 44.7 Å². The molecule has 0 saturated heterocycles. The van der Waals surface area contributed by atoms with Gasteiger partial charge in [0, 0.05) is 23.7 Å². The van der Waals surface area contributed by atoms with E-state index < -0.39 is 65.3 Å². The first-order valence-corrected chi connectivity index (χ1v) is 13.3. The zero-order valence-corrected chi connectivity index (χ0v) is 23.7. The Morgan fingerprint density at radius 2 is 1.86 bits per heavy atom. The number of aromatic nitrogens is 5. The van der Waals surface area contributed by atoms with Crippen molar-refractivity contribution in [2.75, 3.05) is 5.32 Å². The molecule has 44 heavy (non-hydrogen) atoms. The van der Waals surface area contributed by atoms with Gasteiger partial charge in [0.2, 0.25) is 0 Å². The highest BCUT2D eigenvalue weighted by atomic mass is 35.5. The van der Waals surface area contributed by atoms with E-state index >= 15 is 0 Å². The molecule has 0 spiro atoms. The van der Waals surface area contributed by atoms with Gasteiger partial charge in [0.05, 0.1) is 23.5 Å². The van der Waals surface area contributed by atoms with E-state index in [1.54, 1.807) is 14.0 Å². The molecule has 0 fully saturated rings. The van der Waals surface area contributed by atoms with E-state index in [1.807, 2.05) is 0 Å². The van der Waals surface area contributed by atoms with Gasteiger partial charge in [-0.3, -0.25) is 19.0 Å². The molecule has 0 aliphatic heterocycles. The van der Waals surface area contributed by atoms with E-state index in [4.69, 9.17) is 21.8 Å². The number of halogens is 8. The van der Waals surface area contributed by atoms with Crippen LogP contribution in [0.4, 0.5) is 36.4 Å². The molecule has 5 aromatic rings. The van der Waals surface area contributed by atoms with Crippen LogP contribution in [-0.4, -0.2) is 36.4 Å². The van der Waals surface area contributed by atoms with Crippen molar-refractivity contribution in [3.8, 4) is 11.1 Å². The topological polar surface area (TPSA) is 134 Å². The fraction of sp³-hybridized carbons (Fsp3) is 0.240. The minimum absolute atomic E-state index is 0.0275. The first-order valence-electron chi connectivity index (χ1n) is 12.1. The number of carbonyl (C=O) groups excluding carboxylic acids is 2. The van der Waals surface area contributed by atoms with Crippen LogP contribution in [0.15, 0.2) is 28.8 Å². The first-order chi connectivity index (χ1) is 20.6. The third kappa shape index (κ3) is 5.49. The summed E-state index contributed by atoms with van der Waals surface area (Å²) >= 11 is 6.19. The fourth-order valence-electron chi connectivity index (χ4n) is 4.36. The number of pyridine rings is 1. The number of hydrogen-bond donors (Lipinski definition) is 2. The minimum atomic E-state index is -4.86. The van der Waals surface area contributed by atoms with E-state index in [2.05, 4.69) is 20.5 Å². The smallest absolute Gasteiger partial charge is 0.433 e. The third-order valence-corrected chi connectivity index (χ3v) is 7.99. The number of amides is 2. The molecule has 232 valence electrons. The Morgan fingerprint density at radius 1 is 1.16 bits per heavy atom. The van der Waals surface area contributed by atoms with Gasteiger partial charge in [-0.25, -0.2) is 22.5 Å². The number of carbonyl (C=O) groups is 2. The molecule has 0 bridgehead atoms. The predicted octanol–water partition coefficient (Wildman–Crippen LogP) is 6.74. The maximum absolute atomic E-state index is 13.8. The first kappa shape index (κ1) is 31.0. The lowest BCUT2D eigenvalue weighted by Gasteiger charge is -2.12. The van der Waals surface area contributed by atoms with Crippen LogP contribution in [-0.2, 0) is 19.8 Å². The summed E-state index contributed by atoms with van der Waals surface area (Å²) < 4.78 is 102. The highest BCUT2D eigenvalue weighted by molar-refractivity contribution is 7.21. The summed E-state index contributed by atoms with van der Waals surface area (Å²) in [5.41, 5.74) is 2.62. The van der Waals surface area contributed by atoms with Crippen molar-refractivity contribution in [2.24, 2.45) is 12.8 Å². The molecule has 5 rings (SSSR count). The molecule has 3 N–H and O–H groups in total. The molecule has 5 aromatic heterocycles. The van der Waals surface area contributed by atoms with Crippen molar-refractivity contribution in [3.63, 3.8) is 0 Å². The standard InChI is InChI=1S/C25H17ClF7N7O3S/c1-8-11(6-35-39(8)2)10-5-13(25(31,32)33)36-24-14(10)16(19(44-24)22(34)41)37-23(42)12-4-3-9(43-12)7-40-18(21(29)30)15(26)17(38-40)20(27)28/h3-6,20-21H,7H2,1-2H3,(H2,34,41)(H,37,42). The van der Waals surface area contributed by atoms with Crippen LogP contribution >= 0.6 is 22.9 Å². The van der Waals surface area contributed by atoms with Crippen molar-refractivity contribution in [1.29, 1.82) is 0 Å². The molecule has 19 heteroatoms. The van der Waals surface area contributed by atoms with Crippen LogP contribution in [0.1, 0.15) is 61.6 Å². The summed E-state index contributed by atoms with van der Waals surface area (Å²) in [6.45, 7) is 0.990. The summed E-state index contributed by atoms with van der Waals surface area (Å²) in [7, 11) is 1.57. The largest absolute Gasteiger partial charge is 0.454 e. The van der Waals surface area contributed by atoms with Crippen molar-refractivity contribution in [3.05, 3.63) is 68.6 Å². The highest BCUT2D eigenvalue weighted by Crippen LogP contribution is 2.44. The number of rotatable bonds is 8. The summed E-state index contributed by atoms with van der Waals surface area (Å²) in [5.74, 6) is -2.67. The zero-order valence-electron chi connectivity index (χ0n) is 22.1. The Morgan fingerprint density at radius 3 is 2.43 bits per heavy atom. The molecule has 0 aliphatic rings. The Kier molecular flexibility index (Phi) is 7.91. The second-order valence-corrected chi connectivity index (χ2v) is 10.6. The number of nitrogens with one attached hydrogen (secondary N) is 1. The van der Waals surface area contributed by atoms with Gasteiger partial charge in [0.15, 0.2) is 5.76 Å². The van der Waals surface area contributed by atoms with E-state index in [1.165, 1.54) is 16.9 Å². The lowest BCUT2D eigenvalue weighted by atomic mass is 10.0. The number of thiophene rings is 1. The van der Waals surface area contributed by atoms with Crippen molar-refractivity contribution in [1.82, 2.24) is 24.5 Å². The quantitative estimate of drug-likeness (QED) is 0.177. The molecule has 5 heterocycles. The van der Waals surface area contributed by atoms with E-state index in [0.29, 0.717) is 21.7 Å². The van der Waals surface area contributed by atoms with Gasteiger partial charge in [-0.15, -0.1) is 11.3 Å². The number of anilines is 1. The number of hydrogen-bond acceptors (Lipinski definition) is 7. The second-order valence-electron chi connectivity index (χ2n) is 9.23. The Balaban J connectivity index is 1.56. The van der Waals surface area contributed by atoms with Gasteiger partial charge in [0.25, 0.3) is 24.7 Å². The van der Waals surface area contributed by atoms with E-state index in [0.717, 1.165) is 12.1 Å². The Bertz CT molecular complexity index is 1930. The minimum Gasteiger partial charge on any atom is -0.454 e. The summed E-state index contributed by atoms with van der Waals surface area (Å²) in [4.78, 5) is 28.7. The average Bonchev–Trinajstić information content (AvgIpc) is 3.69. The SMILES string of the molecule is Cc1c(-c2cc(C(F)(F)F)nc3sc(C(N)=O)c(NC(=O)c4ccc(Cn5nc(C(F)F)c(Cl)c5C(F)F)o4)c23)cnn1C. The molecular weight excluding hydrogens is 647 g/mol. The van der Waals surface area contributed by atoms with Crippen LogP contribution in [0.2, 0.25) is 5.02 Å². The Hall–Kier alpha value is -4.45. The number of nitrogens with zero attached hydrogens (tertiary/aromatic N) is 5. The summed E-state index contributed by atoms with van der Waals surface area (Å²) in [6, 6.07) is 3.06. The van der Waals surface area contributed by atoms with Gasteiger partial charge in [-0.1, -0.05) is 11.6 Å². The van der Waals surface area contributed by atoms with Gasteiger partial charge >= 0.3 is 6.18 Å². The molecule has 0 atom stereocenters. The maximum Gasteiger partial charge on any atom is 0.433 e. The number of aryl methyl sites for hydroxylation is 1. The van der Waals surface area contributed by atoms with Crippen LogP contribution in [0, 0.1) is 6.92 Å². The molecule has 0 saturated carbocycles. The number of fused-ring (bicyclic) bond motifs is 1. The Labute approximate surface area is 250 Å². The van der Waals surface area contributed by atoms with Crippen LogP contribution in [0.5, 0.6) is 0 Å². The number of alkyl halides is 7. The summed E-state index contributed by atoms with van der Waals surface area (Å²) in [5, 5.41) is 8.98. The van der Waals surface area contributed by atoms with Gasteiger partial charge in [0.1, 0.15) is 32.5 Å². The number of nitrogens with two attached hydrogens (primary N) is 1. The average molecular weight is 664 g/mol. The zero-order chi connectivity index (χ0) is 32.2. The van der Waals surface area contributed by atoms with E-state index in [9.17, 15) is 40.3 Å². The van der Waals surface area contributed by atoms with Gasteiger partial charge in [-0.2, -0.15) is 23.4 Å². The fourth-order valence-corrected chi connectivity index (χ4v) is 5.67. The molecular formula is C25H17ClF7N7O3S.